The van der Waals surface area contributed by atoms with Crippen molar-refractivity contribution in [2.45, 2.75) is 34.2 Å². The largest absolute Gasteiger partial charge is 0.444 e. The van der Waals surface area contributed by atoms with Crippen LogP contribution in [0, 0.1) is 13.8 Å². The number of carbonyl (C=O) groups is 1. The Kier molecular flexibility index (Phi) is 3.66. The Morgan fingerprint density at radius 2 is 2.13 bits per heavy atom. The summed E-state index contributed by atoms with van der Waals surface area (Å²) in [5, 5.41) is 2.74. The van der Waals surface area contributed by atoms with Gasteiger partial charge in [0.2, 0.25) is 5.91 Å². The lowest BCUT2D eigenvalue weighted by Gasteiger charge is -1.99. The molecule has 1 amide bonds. The summed E-state index contributed by atoms with van der Waals surface area (Å²) in [7, 11) is 0. The van der Waals surface area contributed by atoms with Crippen LogP contribution < -0.4 is 5.32 Å². The van der Waals surface area contributed by atoms with Gasteiger partial charge in [0.25, 0.3) is 0 Å². The summed E-state index contributed by atoms with van der Waals surface area (Å²) >= 11 is 0. The molecule has 0 saturated carbocycles. The minimum Gasteiger partial charge on any atom is -0.444 e. The van der Waals surface area contributed by atoms with E-state index >= 15 is 0 Å². The predicted molar refractivity (Wildman–Crippen MR) is 57.3 cm³/mol. The summed E-state index contributed by atoms with van der Waals surface area (Å²) in [5.74, 6) is 1.23. The first kappa shape index (κ1) is 11.5. The third-order valence-corrected chi connectivity index (χ3v) is 1.84. The van der Waals surface area contributed by atoms with Crippen LogP contribution in [-0.2, 0) is 11.3 Å². The highest BCUT2D eigenvalue weighted by atomic mass is 16.4. The summed E-state index contributed by atoms with van der Waals surface area (Å²) < 4.78 is 5.32. The van der Waals surface area contributed by atoms with Crippen LogP contribution in [0.25, 0.3) is 0 Å². The van der Waals surface area contributed by atoms with Gasteiger partial charge >= 0.3 is 0 Å². The van der Waals surface area contributed by atoms with Gasteiger partial charge in [-0.3, -0.25) is 4.79 Å². The van der Waals surface area contributed by atoms with Gasteiger partial charge in [0.15, 0.2) is 5.89 Å². The van der Waals surface area contributed by atoms with Crippen LogP contribution in [0.4, 0.5) is 0 Å². The topological polar surface area (TPSA) is 55.1 Å². The van der Waals surface area contributed by atoms with Crippen molar-refractivity contribution in [2.75, 3.05) is 0 Å². The quantitative estimate of drug-likeness (QED) is 0.771. The summed E-state index contributed by atoms with van der Waals surface area (Å²) in [5.41, 5.74) is 1.79. The smallest absolute Gasteiger partial charge is 0.244 e. The van der Waals surface area contributed by atoms with E-state index in [2.05, 4.69) is 10.3 Å². The van der Waals surface area contributed by atoms with Gasteiger partial charge in [0.05, 0.1) is 12.2 Å². The number of aromatic nitrogens is 1. The second-order valence-electron chi connectivity index (χ2n) is 3.68. The molecule has 4 nitrogen and oxygen atoms in total. The Bertz CT molecular complexity index is 387. The zero-order chi connectivity index (χ0) is 11.4. The molecular weight excluding hydrogens is 192 g/mol. The van der Waals surface area contributed by atoms with E-state index in [1.807, 2.05) is 20.8 Å². The molecule has 0 aliphatic heterocycles. The van der Waals surface area contributed by atoms with Crippen molar-refractivity contribution in [3.63, 3.8) is 0 Å². The number of nitrogens with zero attached hydrogens (tertiary/aromatic N) is 1. The normalized spacial score (nSPS) is 9.87. The van der Waals surface area contributed by atoms with Crippen LogP contribution in [0.15, 0.2) is 16.1 Å². The van der Waals surface area contributed by atoms with Crippen LogP contribution in [0.2, 0.25) is 0 Å². The van der Waals surface area contributed by atoms with Gasteiger partial charge < -0.3 is 9.73 Å². The fourth-order valence-electron chi connectivity index (χ4n) is 1.22. The maximum atomic E-state index is 11.3. The molecule has 0 fully saturated rings. The molecule has 0 bridgehead atoms. The number of hydrogen-bond acceptors (Lipinski definition) is 3. The fourth-order valence-corrected chi connectivity index (χ4v) is 1.22. The van der Waals surface area contributed by atoms with Crippen molar-refractivity contribution in [3.05, 3.63) is 29.0 Å². The van der Waals surface area contributed by atoms with E-state index in [9.17, 15) is 4.79 Å². The molecule has 1 heterocycles. The van der Waals surface area contributed by atoms with E-state index in [4.69, 9.17) is 4.42 Å². The molecule has 1 rings (SSSR count). The molecule has 0 aromatic carbocycles. The fraction of sp³-hybridized carbons (Fsp3) is 0.455. The van der Waals surface area contributed by atoms with Gasteiger partial charge in [-0.1, -0.05) is 5.57 Å². The van der Waals surface area contributed by atoms with Gasteiger partial charge in [0, 0.05) is 13.0 Å². The average molecular weight is 208 g/mol. The number of hydrogen-bond donors (Lipinski definition) is 1. The number of rotatable bonds is 3. The molecule has 15 heavy (non-hydrogen) atoms. The molecule has 1 N–H and O–H groups in total. The van der Waals surface area contributed by atoms with Crippen molar-refractivity contribution in [3.8, 4) is 0 Å². The minimum atomic E-state index is -0.108. The SMILES string of the molecule is CC(C)=CC(=O)NCc1oc(C)nc1C. The van der Waals surface area contributed by atoms with E-state index in [1.165, 1.54) is 0 Å². The molecular formula is C11H16N2O2. The van der Waals surface area contributed by atoms with E-state index < -0.39 is 0 Å². The Morgan fingerprint density at radius 1 is 1.47 bits per heavy atom. The van der Waals surface area contributed by atoms with E-state index in [0.29, 0.717) is 18.2 Å². The summed E-state index contributed by atoms with van der Waals surface area (Å²) in [6.07, 6.45) is 1.55. The first-order valence-electron chi connectivity index (χ1n) is 4.84. The van der Waals surface area contributed by atoms with E-state index in [-0.39, 0.29) is 5.91 Å². The molecule has 0 atom stereocenters. The molecule has 1 aromatic heterocycles. The third-order valence-electron chi connectivity index (χ3n) is 1.84. The van der Waals surface area contributed by atoms with Gasteiger partial charge in [-0.05, 0) is 20.8 Å². The third kappa shape index (κ3) is 3.58. The second-order valence-corrected chi connectivity index (χ2v) is 3.68. The van der Waals surface area contributed by atoms with Crippen LogP contribution in [0.5, 0.6) is 0 Å². The van der Waals surface area contributed by atoms with E-state index in [0.717, 1.165) is 11.3 Å². The summed E-state index contributed by atoms with van der Waals surface area (Å²) in [6, 6.07) is 0. The number of oxazole rings is 1. The molecule has 82 valence electrons. The number of amides is 1. The standard InChI is InChI=1S/C11H16N2O2/c1-7(2)5-11(14)12-6-10-8(3)13-9(4)15-10/h5H,6H2,1-4H3,(H,12,14). The van der Waals surface area contributed by atoms with Gasteiger partial charge in [-0.2, -0.15) is 0 Å². The molecule has 1 aromatic rings. The molecule has 4 heteroatoms. The van der Waals surface area contributed by atoms with Gasteiger partial charge in [-0.15, -0.1) is 0 Å². The lowest BCUT2D eigenvalue weighted by atomic mass is 10.3. The maximum absolute atomic E-state index is 11.3. The monoisotopic (exact) mass is 208 g/mol. The average Bonchev–Trinajstić information content (AvgIpc) is 2.40. The Morgan fingerprint density at radius 3 is 2.60 bits per heavy atom. The first-order valence-corrected chi connectivity index (χ1v) is 4.84. The summed E-state index contributed by atoms with van der Waals surface area (Å²) in [4.78, 5) is 15.4. The molecule has 0 aliphatic carbocycles. The van der Waals surface area contributed by atoms with Gasteiger partial charge in [-0.25, -0.2) is 4.98 Å². The van der Waals surface area contributed by atoms with Crippen molar-refractivity contribution >= 4 is 5.91 Å². The van der Waals surface area contributed by atoms with Crippen molar-refractivity contribution in [1.82, 2.24) is 10.3 Å². The van der Waals surface area contributed by atoms with E-state index in [1.54, 1.807) is 13.0 Å². The van der Waals surface area contributed by atoms with Crippen LogP contribution in [-0.4, -0.2) is 10.9 Å². The maximum Gasteiger partial charge on any atom is 0.244 e. The number of carbonyl (C=O) groups excluding carboxylic acids is 1. The molecule has 0 spiro atoms. The number of allylic oxidation sites excluding steroid dienone is 1. The van der Waals surface area contributed by atoms with Crippen molar-refractivity contribution in [2.24, 2.45) is 0 Å². The van der Waals surface area contributed by atoms with Crippen LogP contribution in [0.3, 0.4) is 0 Å². The Labute approximate surface area is 89.4 Å². The molecule has 0 radical (unpaired) electrons. The number of nitrogens with one attached hydrogen (secondary N) is 1. The predicted octanol–water partition coefficient (Wildman–Crippen LogP) is 1.87. The van der Waals surface area contributed by atoms with Crippen LogP contribution >= 0.6 is 0 Å². The Balaban J connectivity index is 2.54. The first-order chi connectivity index (χ1) is 6.99. The molecule has 0 saturated heterocycles. The van der Waals surface area contributed by atoms with Crippen LogP contribution in [0.1, 0.15) is 31.2 Å². The highest BCUT2D eigenvalue weighted by Gasteiger charge is 2.06. The lowest BCUT2D eigenvalue weighted by Crippen LogP contribution is -2.20. The summed E-state index contributed by atoms with van der Waals surface area (Å²) in [6.45, 7) is 7.79. The molecule has 0 unspecified atom stereocenters. The van der Waals surface area contributed by atoms with Crippen molar-refractivity contribution < 1.29 is 9.21 Å². The highest BCUT2D eigenvalue weighted by molar-refractivity contribution is 5.87. The minimum absolute atomic E-state index is 0.108. The highest BCUT2D eigenvalue weighted by Crippen LogP contribution is 2.08. The van der Waals surface area contributed by atoms with Crippen molar-refractivity contribution in [1.29, 1.82) is 0 Å². The second kappa shape index (κ2) is 4.77. The Hall–Kier alpha value is -1.58. The number of aryl methyl sites for hydroxylation is 2. The lowest BCUT2D eigenvalue weighted by molar-refractivity contribution is -0.116. The van der Waals surface area contributed by atoms with Gasteiger partial charge in [0.1, 0.15) is 5.76 Å². The zero-order valence-electron chi connectivity index (χ0n) is 9.55. The zero-order valence-corrected chi connectivity index (χ0v) is 9.55. The molecule has 0 aliphatic rings.